The second kappa shape index (κ2) is 6.44. The molecule has 2 aromatic carbocycles. The average Bonchev–Trinajstić information content (AvgIpc) is 2.47. The van der Waals surface area contributed by atoms with Gasteiger partial charge in [-0.15, -0.1) is 0 Å². The van der Waals surface area contributed by atoms with E-state index in [0.29, 0.717) is 0 Å². The molecule has 3 nitrogen and oxygen atoms in total. The van der Waals surface area contributed by atoms with Crippen LogP contribution in [0.1, 0.15) is 22.7 Å². The summed E-state index contributed by atoms with van der Waals surface area (Å²) in [6, 6.07) is 14.0. The lowest BCUT2D eigenvalue weighted by Gasteiger charge is -2.15. The first-order valence-corrected chi connectivity index (χ1v) is 6.67. The van der Waals surface area contributed by atoms with Gasteiger partial charge in [-0.05, 0) is 42.7 Å². The highest BCUT2D eigenvalue weighted by Gasteiger charge is 2.11. The third kappa shape index (κ3) is 3.31. The molecule has 0 fully saturated rings. The summed E-state index contributed by atoms with van der Waals surface area (Å²) >= 11 is 0. The highest BCUT2D eigenvalue weighted by molar-refractivity contribution is 5.39. The molecule has 0 spiro atoms. The normalized spacial score (nSPS) is 12.0. The number of ether oxygens (including phenoxy) is 2. The predicted octanol–water partition coefficient (Wildman–Crippen LogP) is 3.25. The summed E-state index contributed by atoms with van der Waals surface area (Å²) < 4.78 is 10.6. The van der Waals surface area contributed by atoms with Gasteiger partial charge in [-0.25, -0.2) is 0 Å². The standard InChI is InChI=1S/C17H21NO2/c1-12-4-9-17(20-3)14(10-12)11-16(18)13-5-7-15(19-2)8-6-13/h4-10,16H,11,18H2,1-3H3. The molecule has 0 amide bonds. The lowest BCUT2D eigenvalue weighted by Crippen LogP contribution is -2.14. The molecule has 20 heavy (non-hydrogen) atoms. The lowest BCUT2D eigenvalue weighted by atomic mass is 9.98. The summed E-state index contributed by atoms with van der Waals surface area (Å²) in [5.41, 5.74) is 9.73. The van der Waals surface area contributed by atoms with Crippen molar-refractivity contribution in [1.29, 1.82) is 0 Å². The van der Waals surface area contributed by atoms with Crippen molar-refractivity contribution in [3.05, 3.63) is 59.2 Å². The molecule has 1 unspecified atom stereocenters. The van der Waals surface area contributed by atoms with Crippen molar-refractivity contribution < 1.29 is 9.47 Å². The monoisotopic (exact) mass is 271 g/mol. The van der Waals surface area contributed by atoms with Crippen molar-refractivity contribution in [1.82, 2.24) is 0 Å². The minimum absolute atomic E-state index is 0.0587. The maximum Gasteiger partial charge on any atom is 0.122 e. The largest absolute Gasteiger partial charge is 0.497 e. The molecule has 106 valence electrons. The third-order valence-electron chi connectivity index (χ3n) is 3.42. The van der Waals surface area contributed by atoms with E-state index in [0.717, 1.165) is 29.0 Å². The highest BCUT2D eigenvalue weighted by Crippen LogP contribution is 2.25. The molecule has 0 aliphatic carbocycles. The van der Waals surface area contributed by atoms with Gasteiger partial charge in [-0.2, -0.15) is 0 Å². The van der Waals surface area contributed by atoms with Crippen molar-refractivity contribution in [2.45, 2.75) is 19.4 Å². The molecule has 0 aromatic heterocycles. The molecule has 0 heterocycles. The van der Waals surface area contributed by atoms with Crippen molar-refractivity contribution >= 4 is 0 Å². The predicted molar refractivity (Wildman–Crippen MR) is 81.4 cm³/mol. The number of benzene rings is 2. The van der Waals surface area contributed by atoms with Gasteiger partial charge >= 0.3 is 0 Å². The average molecular weight is 271 g/mol. The van der Waals surface area contributed by atoms with Crippen molar-refractivity contribution in [2.75, 3.05) is 14.2 Å². The van der Waals surface area contributed by atoms with Gasteiger partial charge in [0.1, 0.15) is 11.5 Å². The summed E-state index contributed by atoms with van der Waals surface area (Å²) in [5.74, 6) is 1.73. The van der Waals surface area contributed by atoms with Gasteiger partial charge in [0.2, 0.25) is 0 Å². The van der Waals surface area contributed by atoms with E-state index in [4.69, 9.17) is 15.2 Å². The molecule has 1 atom stereocenters. The first-order valence-electron chi connectivity index (χ1n) is 6.67. The number of nitrogens with two attached hydrogens (primary N) is 1. The van der Waals surface area contributed by atoms with Gasteiger partial charge in [0.15, 0.2) is 0 Å². The fourth-order valence-corrected chi connectivity index (χ4v) is 2.27. The van der Waals surface area contributed by atoms with E-state index in [1.165, 1.54) is 5.56 Å². The summed E-state index contributed by atoms with van der Waals surface area (Å²) in [6.45, 7) is 2.07. The third-order valence-corrected chi connectivity index (χ3v) is 3.42. The van der Waals surface area contributed by atoms with E-state index in [1.807, 2.05) is 36.4 Å². The Kier molecular flexibility index (Phi) is 4.64. The van der Waals surface area contributed by atoms with Gasteiger partial charge < -0.3 is 15.2 Å². The summed E-state index contributed by atoms with van der Waals surface area (Å²) in [7, 11) is 3.35. The van der Waals surface area contributed by atoms with E-state index < -0.39 is 0 Å². The van der Waals surface area contributed by atoms with E-state index in [9.17, 15) is 0 Å². The fraction of sp³-hybridized carbons (Fsp3) is 0.294. The van der Waals surface area contributed by atoms with E-state index in [1.54, 1.807) is 14.2 Å². The molecule has 2 rings (SSSR count). The highest BCUT2D eigenvalue weighted by atomic mass is 16.5. The van der Waals surface area contributed by atoms with Crippen LogP contribution in [0, 0.1) is 6.92 Å². The van der Waals surface area contributed by atoms with E-state index in [-0.39, 0.29) is 6.04 Å². The molecule has 0 saturated heterocycles. The first kappa shape index (κ1) is 14.4. The van der Waals surface area contributed by atoms with Crippen LogP contribution in [-0.2, 0) is 6.42 Å². The van der Waals surface area contributed by atoms with Crippen molar-refractivity contribution in [3.63, 3.8) is 0 Å². The second-order valence-electron chi connectivity index (χ2n) is 4.90. The number of hydrogen-bond donors (Lipinski definition) is 1. The summed E-state index contributed by atoms with van der Waals surface area (Å²) in [5, 5.41) is 0. The quantitative estimate of drug-likeness (QED) is 0.908. The topological polar surface area (TPSA) is 44.5 Å². The molecule has 0 aliphatic heterocycles. The Morgan fingerprint density at radius 3 is 2.30 bits per heavy atom. The van der Waals surface area contributed by atoms with Crippen LogP contribution in [0.2, 0.25) is 0 Å². The SMILES string of the molecule is COc1ccc(C(N)Cc2cc(C)ccc2OC)cc1. The number of methoxy groups -OCH3 is 2. The van der Waals surface area contributed by atoms with Gasteiger partial charge in [-0.3, -0.25) is 0 Å². The Hall–Kier alpha value is -2.00. The summed E-state index contributed by atoms with van der Waals surface area (Å²) in [4.78, 5) is 0. The maximum absolute atomic E-state index is 6.30. The molecule has 0 bridgehead atoms. The van der Waals surface area contributed by atoms with Gasteiger partial charge in [0.05, 0.1) is 14.2 Å². The van der Waals surface area contributed by atoms with Crippen LogP contribution < -0.4 is 15.2 Å². The molecular formula is C17H21NO2. The van der Waals surface area contributed by atoms with Crippen LogP contribution in [0.4, 0.5) is 0 Å². The number of aryl methyl sites for hydroxylation is 1. The van der Waals surface area contributed by atoms with Gasteiger partial charge in [0.25, 0.3) is 0 Å². The molecule has 0 radical (unpaired) electrons. The zero-order valence-electron chi connectivity index (χ0n) is 12.2. The van der Waals surface area contributed by atoms with E-state index in [2.05, 4.69) is 13.0 Å². The smallest absolute Gasteiger partial charge is 0.122 e. The molecule has 3 heteroatoms. The van der Waals surface area contributed by atoms with Crippen LogP contribution in [0.5, 0.6) is 11.5 Å². The van der Waals surface area contributed by atoms with Crippen LogP contribution in [0.25, 0.3) is 0 Å². The molecule has 0 aliphatic rings. The van der Waals surface area contributed by atoms with Crippen molar-refractivity contribution in [3.8, 4) is 11.5 Å². The van der Waals surface area contributed by atoms with Crippen LogP contribution in [0.3, 0.4) is 0 Å². The van der Waals surface area contributed by atoms with Gasteiger partial charge in [0, 0.05) is 6.04 Å². The minimum Gasteiger partial charge on any atom is -0.497 e. The fourth-order valence-electron chi connectivity index (χ4n) is 2.27. The molecule has 2 aromatic rings. The Labute approximate surface area is 120 Å². The number of rotatable bonds is 5. The number of hydrogen-bond acceptors (Lipinski definition) is 3. The Morgan fingerprint density at radius 2 is 1.70 bits per heavy atom. The second-order valence-corrected chi connectivity index (χ2v) is 4.90. The molecule has 2 N–H and O–H groups in total. The van der Waals surface area contributed by atoms with Crippen LogP contribution in [0.15, 0.2) is 42.5 Å². The van der Waals surface area contributed by atoms with Crippen LogP contribution in [-0.4, -0.2) is 14.2 Å². The zero-order chi connectivity index (χ0) is 14.5. The van der Waals surface area contributed by atoms with E-state index >= 15 is 0 Å². The summed E-state index contributed by atoms with van der Waals surface area (Å²) in [6.07, 6.45) is 0.747. The lowest BCUT2D eigenvalue weighted by molar-refractivity contribution is 0.407. The molecular weight excluding hydrogens is 250 g/mol. The van der Waals surface area contributed by atoms with Crippen LogP contribution >= 0.6 is 0 Å². The Bertz CT molecular complexity index is 564. The Morgan fingerprint density at radius 1 is 1.00 bits per heavy atom. The molecule has 0 saturated carbocycles. The minimum atomic E-state index is -0.0587. The maximum atomic E-state index is 6.30. The van der Waals surface area contributed by atoms with Crippen molar-refractivity contribution in [2.24, 2.45) is 5.73 Å². The van der Waals surface area contributed by atoms with Gasteiger partial charge in [-0.1, -0.05) is 29.8 Å². The first-order chi connectivity index (χ1) is 9.63. The zero-order valence-corrected chi connectivity index (χ0v) is 12.2. The Balaban J connectivity index is 2.17.